The number of benzene rings is 1. The molecular weight excluding hydrogens is 282 g/mol. The van der Waals surface area contributed by atoms with Crippen LogP contribution >= 0.6 is 0 Å². The fourth-order valence-corrected chi connectivity index (χ4v) is 4.66. The number of aryl methyl sites for hydroxylation is 1. The summed E-state index contributed by atoms with van der Waals surface area (Å²) in [4.78, 5) is 0. The van der Waals surface area contributed by atoms with Crippen LogP contribution < -0.4 is 5.32 Å². The number of fused-ring (bicyclic) bond motifs is 1. The summed E-state index contributed by atoms with van der Waals surface area (Å²) in [5.74, 6) is 2.86. The number of nitrogens with one attached hydrogen (secondary N) is 1. The van der Waals surface area contributed by atoms with Crippen LogP contribution in [0.1, 0.15) is 75.8 Å². The monoisotopic (exact) mass is 315 g/mol. The molecule has 0 bridgehead atoms. The molecule has 2 aliphatic rings. The molecule has 1 aromatic carbocycles. The van der Waals surface area contributed by atoms with E-state index in [0.717, 1.165) is 18.3 Å². The maximum atomic E-state index is 9.75. The first-order valence-electron chi connectivity index (χ1n) is 9.72. The van der Waals surface area contributed by atoms with Crippen molar-refractivity contribution < 1.29 is 5.11 Å². The van der Waals surface area contributed by atoms with Gasteiger partial charge in [0, 0.05) is 6.04 Å². The average Bonchev–Trinajstić information content (AvgIpc) is 2.55. The Kier molecular flexibility index (Phi) is 5.63. The number of hydrogen-bond acceptors (Lipinski definition) is 2. The van der Waals surface area contributed by atoms with E-state index < -0.39 is 0 Å². The van der Waals surface area contributed by atoms with Crippen LogP contribution in [-0.2, 0) is 6.42 Å². The van der Waals surface area contributed by atoms with Crippen molar-refractivity contribution in [3.8, 4) is 5.75 Å². The summed E-state index contributed by atoms with van der Waals surface area (Å²) in [5.41, 5.74) is 2.85. The second-order valence-electron chi connectivity index (χ2n) is 7.96. The van der Waals surface area contributed by atoms with Crippen molar-refractivity contribution in [2.24, 2.45) is 11.8 Å². The molecule has 2 aliphatic carbocycles. The summed E-state index contributed by atoms with van der Waals surface area (Å²) >= 11 is 0. The summed E-state index contributed by atoms with van der Waals surface area (Å²) in [6, 6.07) is 6.64. The van der Waals surface area contributed by atoms with Gasteiger partial charge in [-0.15, -0.1) is 0 Å². The van der Waals surface area contributed by atoms with Crippen LogP contribution in [0.5, 0.6) is 5.75 Å². The van der Waals surface area contributed by atoms with Gasteiger partial charge >= 0.3 is 0 Å². The molecule has 23 heavy (non-hydrogen) atoms. The molecule has 2 atom stereocenters. The molecule has 0 amide bonds. The van der Waals surface area contributed by atoms with Gasteiger partial charge in [-0.3, -0.25) is 0 Å². The van der Waals surface area contributed by atoms with E-state index in [-0.39, 0.29) is 0 Å². The Bertz CT molecular complexity index is 505. The molecule has 2 unspecified atom stereocenters. The van der Waals surface area contributed by atoms with Gasteiger partial charge in [0.1, 0.15) is 5.75 Å². The molecule has 0 saturated heterocycles. The highest BCUT2D eigenvalue weighted by atomic mass is 16.3. The predicted octanol–water partition coefficient (Wildman–Crippen LogP) is 5.01. The fraction of sp³-hybridized carbons (Fsp3) is 0.714. The van der Waals surface area contributed by atoms with Crippen LogP contribution in [0, 0.1) is 11.8 Å². The first-order chi connectivity index (χ1) is 11.2. The fourth-order valence-electron chi connectivity index (χ4n) is 4.66. The van der Waals surface area contributed by atoms with E-state index in [2.05, 4.69) is 25.2 Å². The van der Waals surface area contributed by atoms with Crippen LogP contribution in [0.15, 0.2) is 18.2 Å². The maximum absolute atomic E-state index is 9.75. The normalized spacial score (nSPS) is 30.9. The number of hydrogen-bond donors (Lipinski definition) is 2. The lowest BCUT2D eigenvalue weighted by molar-refractivity contribution is 0.260. The zero-order valence-electron chi connectivity index (χ0n) is 14.9. The number of rotatable bonds is 5. The maximum Gasteiger partial charge on any atom is 0.115 e. The highest BCUT2D eigenvalue weighted by molar-refractivity contribution is 5.39. The second kappa shape index (κ2) is 7.70. The predicted molar refractivity (Wildman–Crippen MR) is 97.0 cm³/mol. The molecular formula is C21H33NO. The van der Waals surface area contributed by atoms with E-state index in [4.69, 9.17) is 0 Å². The zero-order valence-corrected chi connectivity index (χ0v) is 14.9. The Morgan fingerprint density at radius 2 is 1.91 bits per heavy atom. The van der Waals surface area contributed by atoms with Crippen LogP contribution in [0.2, 0.25) is 0 Å². The Hall–Kier alpha value is -1.02. The standard InChI is InChI=1S/C21H33NO/c1-3-4-20-19-11-10-18(23)13-17(19)9-12-21(20)22-14-16-7-5-15(2)6-8-16/h10-11,13,15-16,20-23H,3-9,12,14H2,1-2H3. The van der Waals surface area contributed by atoms with Gasteiger partial charge in [-0.1, -0.05) is 39.2 Å². The first kappa shape index (κ1) is 16.8. The summed E-state index contributed by atoms with van der Waals surface area (Å²) < 4.78 is 0. The Morgan fingerprint density at radius 3 is 2.65 bits per heavy atom. The van der Waals surface area contributed by atoms with E-state index in [9.17, 15) is 5.11 Å². The molecule has 2 heteroatoms. The largest absolute Gasteiger partial charge is 0.508 e. The third-order valence-corrected chi connectivity index (χ3v) is 6.14. The Labute approximate surface area is 141 Å². The van der Waals surface area contributed by atoms with Crippen molar-refractivity contribution in [3.63, 3.8) is 0 Å². The lowest BCUT2D eigenvalue weighted by atomic mass is 9.76. The molecule has 1 saturated carbocycles. The van der Waals surface area contributed by atoms with Crippen molar-refractivity contribution in [1.82, 2.24) is 5.32 Å². The minimum absolute atomic E-state index is 0.418. The van der Waals surface area contributed by atoms with Crippen LogP contribution in [-0.4, -0.2) is 17.7 Å². The molecule has 0 radical (unpaired) electrons. The van der Waals surface area contributed by atoms with Crippen molar-refractivity contribution in [3.05, 3.63) is 29.3 Å². The zero-order chi connectivity index (χ0) is 16.2. The minimum atomic E-state index is 0.418. The Morgan fingerprint density at radius 1 is 1.13 bits per heavy atom. The van der Waals surface area contributed by atoms with Crippen LogP contribution in [0.25, 0.3) is 0 Å². The van der Waals surface area contributed by atoms with Gasteiger partial charge in [-0.05, 0) is 79.7 Å². The molecule has 128 valence electrons. The summed E-state index contributed by atoms with van der Waals surface area (Å²) in [5, 5.41) is 13.7. The van der Waals surface area contributed by atoms with Gasteiger partial charge in [0.15, 0.2) is 0 Å². The number of phenols is 1. The molecule has 0 aliphatic heterocycles. The lowest BCUT2D eigenvalue weighted by Gasteiger charge is -2.36. The number of phenolic OH excluding ortho intramolecular Hbond substituents is 1. The van der Waals surface area contributed by atoms with Gasteiger partial charge < -0.3 is 10.4 Å². The SMILES string of the molecule is CCCC1c2ccc(O)cc2CCC1NCC1CCC(C)CC1. The second-order valence-corrected chi connectivity index (χ2v) is 7.96. The highest BCUT2D eigenvalue weighted by Crippen LogP contribution is 2.37. The molecule has 0 aromatic heterocycles. The van der Waals surface area contributed by atoms with Gasteiger partial charge in [-0.25, -0.2) is 0 Å². The van der Waals surface area contributed by atoms with Crippen molar-refractivity contribution >= 4 is 0 Å². The minimum Gasteiger partial charge on any atom is -0.508 e. The molecule has 2 N–H and O–H groups in total. The molecule has 1 aromatic rings. The quantitative estimate of drug-likeness (QED) is 0.801. The van der Waals surface area contributed by atoms with Crippen molar-refractivity contribution in [1.29, 1.82) is 0 Å². The molecule has 1 fully saturated rings. The molecule has 0 spiro atoms. The third-order valence-electron chi connectivity index (χ3n) is 6.14. The number of aromatic hydroxyl groups is 1. The average molecular weight is 316 g/mol. The topological polar surface area (TPSA) is 32.3 Å². The van der Waals surface area contributed by atoms with Crippen molar-refractivity contribution in [2.75, 3.05) is 6.54 Å². The van der Waals surface area contributed by atoms with Gasteiger partial charge in [0.2, 0.25) is 0 Å². The summed E-state index contributed by atoms with van der Waals surface area (Å²) in [6.07, 6.45) is 10.4. The third kappa shape index (κ3) is 4.09. The van der Waals surface area contributed by atoms with E-state index in [1.54, 1.807) is 0 Å². The molecule has 3 rings (SSSR count). The summed E-state index contributed by atoms with van der Waals surface area (Å²) in [6.45, 7) is 5.88. The van der Waals surface area contributed by atoms with E-state index in [0.29, 0.717) is 17.7 Å². The van der Waals surface area contributed by atoms with Crippen LogP contribution in [0.4, 0.5) is 0 Å². The smallest absolute Gasteiger partial charge is 0.115 e. The lowest BCUT2D eigenvalue weighted by Crippen LogP contribution is -2.41. The van der Waals surface area contributed by atoms with E-state index in [1.165, 1.54) is 62.6 Å². The summed E-state index contributed by atoms with van der Waals surface area (Å²) in [7, 11) is 0. The van der Waals surface area contributed by atoms with Crippen LogP contribution in [0.3, 0.4) is 0 Å². The molecule has 0 heterocycles. The van der Waals surface area contributed by atoms with E-state index >= 15 is 0 Å². The first-order valence-corrected chi connectivity index (χ1v) is 9.72. The van der Waals surface area contributed by atoms with Gasteiger partial charge in [-0.2, -0.15) is 0 Å². The van der Waals surface area contributed by atoms with Gasteiger partial charge in [0.25, 0.3) is 0 Å². The van der Waals surface area contributed by atoms with E-state index in [1.807, 2.05) is 12.1 Å². The molecule has 2 nitrogen and oxygen atoms in total. The van der Waals surface area contributed by atoms with Crippen molar-refractivity contribution in [2.45, 2.75) is 77.2 Å². The highest BCUT2D eigenvalue weighted by Gasteiger charge is 2.29. The Balaban J connectivity index is 1.63. The van der Waals surface area contributed by atoms with Gasteiger partial charge in [0.05, 0.1) is 0 Å².